The van der Waals surface area contributed by atoms with Gasteiger partial charge >= 0.3 is 17.9 Å². The van der Waals surface area contributed by atoms with Gasteiger partial charge in [-0.25, -0.2) is 0 Å². The third-order valence-corrected chi connectivity index (χ3v) is 11.0. The lowest BCUT2D eigenvalue weighted by Crippen LogP contribution is -2.30. The van der Waals surface area contributed by atoms with Crippen LogP contribution in [0.2, 0.25) is 0 Å². The smallest absolute Gasteiger partial charge is 0.306 e. The van der Waals surface area contributed by atoms with Crippen molar-refractivity contribution >= 4 is 17.9 Å². The van der Waals surface area contributed by atoms with Crippen molar-refractivity contribution in [3.63, 3.8) is 0 Å². The molecular weight excluding hydrogens is 817 g/mol. The number of esters is 3. The number of hydrogen-bond donors (Lipinski definition) is 0. The molecule has 6 nitrogen and oxygen atoms in total. The summed E-state index contributed by atoms with van der Waals surface area (Å²) in [6, 6.07) is 0. The highest BCUT2D eigenvalue weighted by atomic mass is 16.6. The zero-order valence-electron chi connectivity index (χ0n) is 42.7. The minimum atomic E-state index is -0.813. The van der Waals surface area contributed by atoms with E-state index in [0.29, 0.717) is 19.3 Å². The topological polar surface area (TPSA) is 78.9 Å². The number of allylic oxidation sites excluding steroid dienone is 18. The van der Waals surface area contributed by atoms with Crippen molar-refractivity contribution < 1.29 is 28.6 Å². The third-order valence-electron chi connectivity index (χ3n) is 11.0. The Morgan fingerprint density at radius 1 is 0.318 bits per heavy atom. The number of carbonyl (C=O) groups is 3. The van der Waals surface area contributed by atoms with E-state index in [-0.39, 0.29) is 37.5 Å². The Labute approximate surface area is 406 Å². The van der Waals surface area contributed by atoms with Crippen molar-refractivity contribution in [1.82, 2.24) is 0 Å². The van der Waals surface area contributed by atoms with Gasteiger partial charge in [0.2, 0.25) is 0 Å². The van der Waals surface area contributed by atoms with Crippen LogP contribution in [0.3, 0.4) is 0 Å². The van der Waals surface area contributed by atoms with Gasteiger partial charge in [-0.05, 0) is 103 Å². The second-order valence-electron chi connectivity index (χ2n) is 17.4. The maximum absolute atomic E-state index is 12.8. The average Bonchev–Trinajstić information content (AvgIpc) is 3.31. The molecule has 66 heavy (non-hydrogen) atoms. The highest BCUT2D eigenvalue weighted by molar-refractivity contribution is 5.71. The molecule has 0 saturated carbocycles. The van der Waals surface area contributed by atoms with Gasteiger partial charge in [0, 0.05) is 19.3 Å². The summed E-state index contributed by atoms with van der Waals surface area (Å²) >= 11 is 0. The minimum absolute atomic E-state index is 0.113. The first-order chi connectivity index (χ1) is 32.5. The second kappa shape index (κ2) is 53.7. The van der Waals surface area contributed by atoms with Crippen LogP contribution in [0.25, 0.3) is 0 Å². The highest BCUT2D eigenvalue weighted by Gasteiger charge is 2.19. The van der Waals surface area contributed by atoms with E-state index in [1.165, 1.54) is 83.5 Å². The molecule has 0 N–H and O–H groups in total. The van der Waals surface area contributed by atoms with E-state index in [4.69, 9.17) is 14.2 Å². The van der Waals surface area contributed by atoms with Crippen LogP contribution in [0.5, 0.6) is 0 Å². The van der Waals surface area contributed by atoms with E-state index < -0.39 is 6.10 Å². The summed E-state index contributed by atoms with van der Waals surface area (Å²) < 4.78 is 16.7. The number of unbranched alkanes of at least 4 members (excludes halogenated alkanes) is 18. The standard InChI is InChI=1S/C60H98O6/c1-4-7-10-13-16-19-22-25-27-29-30-32-34-36-39-41-44-47-50-53-59(62)65-56-57(66-60(63)54-51-48-45-42-37-24-21-18-15-12-9-6-3)55-64-58(61)52-49-46-43-40-38-35-33-31-28-26-23-20-17-14-11-8-5-2/h7,10,16-17,19-20,25-28,30,32-33,35-36,39-40,43,57H,4-6,8-9,11-15,18,21-24,29,31,34,37-38,41-42,44-56H2,1-3H3/b10-7-,19-16-,20-17-,27-25-,28-26-,32-30-,35-33-,39-36-,43-40-/t57-/m0/s1. The van der Waals surface area contributed by atoms with Gasteiger partial charge in [-0.2, -0.15) is 0 Å². The van der Waals surface area contributed by atoms with Gasteiger partial charge in [0.05, 0.1) is 0 Å². The Morgan fingerprint density at radius 2 is 0.606 bits per heavy atom. The van der Waals surface area contributed by atoms with E-state index in [9.17, 15) is 14.4 Å². The van der Waals surface area contributed by atoms with Gasteiger partial charge in [0.1, 0.15) is 13.2 Å². The van der Waals surface area contributed by atoms with Gasteiger partial charge in [0.25, 0.3) is 0 Å². The quantitative estimate of drug-likeness (QED) is 0.0262. The molecule has 0 bridgehead atoms. The Bertz CT molecular complexity index is 1370. The average molecular weight is 915 g/mol. The molecule has 0 unspecified atom stereocenters. The zero-order valence-corrected chi connectivity index (χ0v) is 42.7. The van der Waals surface area contributed by atoms with E-state index in [0.717, 1.165) is 103 Å². The maximum Gasteiger partial charge on any atom is 0.306 e. The predicted octanol–water partition coefficient (Wildman–Crippen LogP) is 17.9. The van der Waals surface area contributed by atoms with Crippen molar-refractivity contribution in [3.8, 4) is 0 Å². The fourth-order valence-corrected chi connectivity index (χ4v) is 6.99. The van der Waals surface area contributed by atoms with Crippen molar-refractivity contribution in [2.45, 2.75) is 239 Å². The van der Waals surface area contributed by atoms with Crippen molar-refractivity contribution in [3.05, 3.63) is 109 Å². The van der Waals surface area contributed by atoms with Crippen molar-refractivity contribution in [2.24, 2.45) is 0 Å². The molecule has 0 fully saturated rings. The SMILES string of the molecule is CC/C=C\C/C=C\C/C=C\C/C=C\C/C=C\CCCCCC(=O)OC[C@H](COC(=O)CCC/C=C\C/C=C\C/C=C\C/C=C\CCCCC)OC(=O)CCCCCCCCCCCCCC. The van der Waals surface area contributed by atoms with E-state index in [2.05, 4.69) is 130 Å². The van der Waals surface area contributed by atoms with E-state index >= 15 is 0 Å². The number of rotatable bonds is 47. The summed E-state index contributed by atoms with van der Waals surface area (Å²) in [6.07, 6.45) is 72.2. The van der Waals surface area contributed by atoms with Crippen LogP contribution in [0, 0.1) is 0 Å². The summed E-state index contributed by atoms with van der Waals surface area (Å²) in [4.78, 5) is 38.0. The summed E-state index contributed by atoms with van der Waals surface area (Å²) in [6.45, 7) is 6.41. The molecular formula is C60H98O6. The summed E-state index contributed by atoms with van der Waals surface area (Å²) in [7, 11) is 0. The molecule has 0 aliphatic carbocycles. The minimum Gasteiger partial charge on any atom is -0.462 e. The van der Waals surface area contributed by atoms with Crippen LogP contribution in [-0.2, 0) is 28.6 Å². The molecule has 0 rings (SSSR count). The van der Waals surface area contributed by atoms with Crippen molar-refractivity contribution in [2.75, 3.05) is 13.2 Å². The molecule has 0 heterocycles. The normalized spacial score (nSPS) is 13.0. The predicted molar refractivity (Wildman–Crippen MR) is 283 cm³/mol. The highest BCUT2D eigenvalue weighted by Crippen LogP contribution is 2.14. The lowest BCUT2D eigenvalue weighted by Gasteiger charge is -2.18. The zero-order chi connectivity index (χ0) is 47.9. The van der Waals surface area contributed by atoms with E-state index in [1.54, 1.807) is 0 Å². The van der Waals surface area contributed by atoms with Gasteiger partial charge < -0.3 is 14.2 Å². The second-order valence-corrected chi connectivity index (χ2v) is 17.4. The largest absolute Gasteiger partial charge is 0.462 e. The van der Waals surface area contributed by atoms with Crippen molar-refractivity contribution in [1.29, 1.82) is 0 Å². The van der Waals surface area contributed by atoms with Gasteiger partial charge in [0.15, 0.2) is 6.10 Å². The molecule has 0 aromatic carbocycles. The Morgan fingerprint density at radius 3 is 1.02 bits per heavy atom. The first-order valence-corrected chi connectivity index (χ1v) is 26.9. The van der Waals surface area contributed by atoms with Gasteiger partial charge in [-0.1, -0.05) is 220 Å². The Kier molecular flexibility index (Phi) is 50.5. The molecule has 0 saturated heterocycles. The fourth-order valence-electron chi connectivity index (χ4n) is 6.99. The summed E-state index contributed by atoms with van der Waals surface area (Å²) in [5, 5.41) is 0. The molecule has 0 aliphatic rings. The molecule has 0 aromatic rings. The lowest BCUT2D eigenvalue weighted by atomic mass is 10.0. The summed E-state index contributed by atoms with van der Waals surface area (Å²) in [5.41, 5.74) is 0. The Hall–Kier alpha value is -3.93. The van der Waals surface area contributed by atoms with Crippen LogP contribution in [0.4, 0.5) is 0 Å². The van der Waals surface area contributed by atoms with Crippen LogP contribution < -0.4 is 0 Å². The molecule has 1 atom stereocenters. The molecule has 0 radical (unpaired) electrons. The molecule has 0 aliphatic heterocycles. The summed E-state index contributed by atoms with van der Waals surface area (Å²) in [5.74, 6) is -1.00. The lowest BCUT2D eigenvalue weighted by molar-refractivity contribution is -0.167. The van der Waals surface area contributed by atoms with Crippen LogP contribution in [0.1, 0.15) is 233 Å². The van der Waals surface area contributed by atoms with Crippen LogP contribution in [-0.4, -0.2) is 37.2 Å². The first-order valence-electron chi connectivity index (χ1n) is 26.9. The first kappa shape index (κ1) is 62.1. The fraction of sp³-hybridized carbons (Fsp3) is 0.650. The van der Waals surface area contributed by atoms with Gasteiger partial charge in [-0.3, -0.25) is 14.4 Å². The molecule has 0 amide bonds. The number of ether oxygens (including phenoxy) is 3. The molecule has 0 aromatic heterocycles. The molecule has 0 spiro atoms. The molecule has 374 valence electrons. The number of hydrogen-bond acceptors (Lipinski definition) is 6. The third kappa shape index (κ3) is 51.1. The monoisotopic (exact) mass is 915 g/mol. The Balaban J connectivity index is 4.51. The van der Waals surface area contributed by atoms with Crippen LogP contribution in [0.15, 0.2) is 109 Å². The number of carbonyl (C=O) groups excluding carboxylic acids is 3. The van der Waals surface area contributed by atoms with Gasteiger partial charge in [-0.15, -0.1) is 0 Å². The van der Waals surface area contributed by atoms with E-state index in [1.807, 2.05) is 0 Å². The maximum atomic E-state index is 12.8. The molecule has 6 heteroatoms. The van der Waals surface area contributed by atoms with Crippen LogP contribution >= 0.6 is 0 Å².